The topological polar surface area (TPSA) is 87.1 Å². The molecule has 0 spiro atoms. The third-order valence-electron chi connectivity index (χ3n) is 8.37. The van der Waals surface area contributed by atoms with Gasteiger partial charge in [0, 0.05) is 4.88 Å². The molecule has 1 aromatic heterocycles. The van der Waals surface area contributed by atoms with Crippen molar-refractivity contribution in [3.05, 3.63) is 67.9 Å². The molecule has 206 valence electrons. The van der Waals surface area contributed by atoms with Gasteiger partial charge in [0.1, 0.15) is 5.75 Å². The molecule has 0 unspecified atom stereocenters. The van der Waals surface area contributed by atoms with Crippen LogP contribution in [-0.2, 0) is 20.8 Å². The molecule has 2 fully saturated rings. The van der Waals surface area contributed by atoms with E-state index in [1.54, 1.807) is 23.5 Å². The summed E-state index contributed by atoms with van der Waals surface area (Å²) in [6.45, 7) is 4.55. The van der Waals surface area contributed by atoms with E-state index in [0.717, 1.165) is 41.7 Å². The summed E-state index contributed by atoms with van der Waals surface area (Å²) >= 11 is 7.89. The summed E-state index contributed by atoms with van der Waals surface area (Å²) in [6, 6.07) is 8.85. The van der Waals surface area contributed by atoms with Gasteiger partial charge in [-0.1, -0.05) is 55.2 Å². The van der Waals surface area contributed by atoms with E-state index in [0.29, 0.717) is 30.7 Å². The number of hydrogen-bond acceptors (Lipinski definition) is 6. The minimum absolute atomic E-state index is 0.0782. The molecule has 39 heavy (non-hydrogen) atoms. The number of likely N-dealkylation sites (tertiary alicyclic amines) is 1. The van der Waals surface area contributed by atoms with Gasteiger partial charge in [-0.25, -0.2) is 0 Å². The molecular formula is C30H35BClNO5S. The average Bonchev–Trinajstić information content (AvgIpc) is 3.50. The van der Waals surface area contributed by atoms with Gasteiger partial charge in [-0.15, -0.1) is 11.3 Å². The number of aromatic hydroxyl groups is 1. The molecule has 0 bridgehead atoms. The fourth-order valence-electron chi connectivity index (χ4n) is 6.60. The Balaban J connectivity index is 1.41. The summed E-state index contributed by atoms with van der Waals surface area (Å²) in [5.41, 5.74) is 4.40. The summed E-state index contributed by atoms with van der Waals surface area (Å²) in [7, 11) is -0.972. The first-order valence-corrected chi connectivity index (χ1v) is 15.2. The van der Waals surface area contributed by atoms with Gasteiger partial charge in [0.25, 0.3) is 0 Å². The number of nitrogens with zero attached hydrogens (tertiary/aromatic N) is 1. The largest absolute Gasteiger partial charge is 0.508 e. The van der Waals surface area contributed by atoms with Crippen molar-refractivity contribution in [1.29, 1.82) is 0 Å². The Morgan fingerprint density at radius 3 is 2.74 bits per heavy atom. The predicted molar refractivity (Wildman–Crippen MR) is 155 cm³/mol. The van der Waals surface area contributed by atoms with Crippen molar-refractivity contribution >= 4 is 47.9 Å². The lowest BCUT2D eigenvalue weighted by Crippen LogP contribution is -2.46. The number of fused-ring (bicyclic) bond motifs is 3. The summed E-state index contributed by atoms with van der Waals surface area (Å²) in [4.78, 5) is 29.6. The second-order valence-corrected chi connectivity index (χ2v) is 12.2. The van der Waals surface area contributed by atoms with E-state index < -0.39 is 13.0 Å². The van der Waals surface area contributed by atoms with Gasteiger partial charge in [0.2, 0.25) is 11.8 Å². The van der Waals surface area contributed by atoms with Gasteiger partial charge in [-0.3, -0.25) is 14.5 Å². The maximum Gasteiger partial charge on any atom is 0.455 e. The number of phenols is 1. The van der Waals surface area contributed by atoms with E-state index in [2.05, 4.69) is 19.9 Å². The number of rotatable bonds is 9. The molecule has 4 atom stereocenters. The number of phenolic OH excluding ortho intramolecular Hbond substituents is 1. The monoisotopic (exact) mass is 567 g/mol. The van der Waals surface area contributed by atoms with E-state index in [9.17, 15) is 19.7 Å². The molecule has 6 nitrogen and oxygen atoms in total. The van der Waals surface area contributed by atoms with Crippen LogP contribution < -0.4 is 0 Å². The molecule has 2 aromatic rings. The Morgan fingerprint density at radius 2 is 2.05 bits per heavy atom. The predicted octanol–water partition coefficient (Wildman–Crippen LogP) is 6.48. The first kappa shape index (κ1) is 28.2. The van der Waals surface area contributed by atoms with E-state index in [-0.39, 0.29) is 35.5 Å². The Hall–Kier alpha value is -2.39. The third-order valence-corrected chi connectivity index (χ3v) is 9.56. The molecule has 0 radical (unpaired) electrons. The lowest BCUT2D eigenvalue weighted by atomic mass is 9.58. The van der Waals surface area contributed by atoms with Crippen molar-refractivity contribution in [3.63, 3.8) is 0 Å². The van der Waals surface area contributed by atoms with E-state index in [1.807, 2.05) is 17.5 Å². The van der Waals surface area contributed by atoms with Crippen LogP contribution in [0.1, 0.15) is 62.8 Å². The van der Waals surface area contributed by atoms with Crippen LogP contribution in [0.5, 0.6) is 5.75 Å². The van der Waals surface area contributed by atoms with Crippen LogP contribution in [0.2, 0.25) is 11.3 Å². The summed E-state index contributed by atoms with van der Waals surface area (Å²) in [5, 5.41) is 22.9. The zero-order valence-corrected chi connectivity index (χ0v) is 24.0. The molecular weight excluding hydrogens is 533 g/mol. The first-order chi connectivity index (χ1) is 18.8. The number of carbonyl (C=O) groups excluding carboxylic acids is 2. The summed E-state index contributed by atoms with van der Waals surface area (Å²) in [6.07, 6.45) is 6.72. The Bertz CT molecular complexity index is 1290. The van der Waals surface area contributed by atoms with E-state index in [1.165, 1.54) is 22.1 Å². The first-order valence-electron chi connectivity index (χ1n) is 13.9. The highest BCUT2D eigenvalue weighted by atomic mass is 35.5. The molecule has 9 heteroatoms. The normalized spacial score (nSPS) is 25.4. The van der Waals surface area contributed by atoms with Crippen LogP contribution in [0.15, 0.2) is 52.4 Å². The van der Waals surface area contributed by atoms with Crippen molar-refractivity contribution in [3.8, 4) is 5.75 Å². The van der Waals surface area contributed by atoms with Gasteiger partial charge in [-0.2, -0.15) is 0 Å². The smallest absolute Gasteiger partial charge is 0.455 e. The summed E-state index contributed by atoms with van der Waals surface area (Å²) < 4.78 is 6.14. The Labute approximate surface area is 239 Å². The molecule has 2 aliphatic heterocycles. The number of imide groups is 1. The fourth-order valence-corrected chi connectivity index (χ4v) is 7.52. The minimum Gasteiger partial charge on any atom is -0.508 e. The van der Waals surface area contributed by atoms with Crippen LogP contribution in [-0.4, -0.2) is 40.1 Å². The SMILES string of the molecule is CCCC1=C2[C@@H](CC/C(=C/c3ccc(O)cc3Cl)CC)OB(O)C[C@@H]2[C@@H]2C(=O)N(Cc3cccs3)C(=O)[C@@H]2C1. The zero-order valence-electron chi connectivity index (χ0n) is 22.4. The van der Waals surface area contributed by atoms with Crippen molar-refractivity contribution in [2.75, 3.05) is 0 Å². The lowest BCUT2D eigenvalue weighted by molar-refractivity contribution is -0.140. The second-order valence-electron chi connectivity index (χ2n) is 10.8. The molecule has 0 saturated carbocycles. The summed E-state index contributed by atoms with van der Waals surface area (Å²) in [5.74, 6) is -1.05. The zero-order chi connectivity index (χ0) is 27.7. The maximum absolute atomic E-state index is 13.7. The van der Waals surface area contributed by atoms with E-state index >= 15 is 0 Å². The van der Waals surface area contributed by atoms with Crippen molar-refractivity contribution in [2.24, 2.45) is 17.8 Å². The molecule has 2 saturated heterocycles. The minimum atomic E-state index is -0.972. The van der Waals surface area contributed by atoms with Crippen LogP contribution in [0.25, 0.3) is 6.08 Å². The standard InChI is InChI=1S/C30H35BClNO5S/c1-3-6-20-14-23-28(30(36)33(29(23)35)17-22-7-5-12-39-22)24-16-31(37)38-26(27(20)24)11-8-18(4-2)13-19-9-10-21(34)15-25(19)32/h5,7,9-10,12-13,15,23-24,26,28,34,37H,3-4,6,8,11,14,16-17H2,1-2H3/b18-13+/t23-,24+,26-,28-/m1/s1. The number of amides is 2. The Kier molecular flexibility index (Phi) is 8.67. The van der Waals surface area contributed by atoms with Crippen LogP contribution in [0.3, 0.4) is 0 Å². The van der Waals surface area contributed by atoms with Gasteiger partial charge in [0.15, 0.2) is 0 Å². The quantitative estimate of drug-likeness (QED) is 0.206. The van der Waals surface area contributed by atoms with E-state index in [4.69, 9.17) is 16.3 Å². The fraction of sp³-hybridized carbons (Fsp3) is 0.467. The van der Waals surface area contributed by atoms with Crippen molar-refractivity contribution in [2.45, 2.75) is 71.3 Å². The van der Waals surface area contributed by atoms with Gasteiger partial charge >= 0.3 is 7.12 Å². The molecule has 3 heterocycles. The van der Waals surface area contributed by atoms with Crippen LogP contribution in [0.4, 0.5) is 0 Å². The highest BCUT2D eigenvalue weighted by Crippen LogP contribution is 2.51. The molecule has 5 rings (SSSR count). The molecule has 1 aromatic carbocycles. The van der Waals surface area contributed by atoms with Crippen molar-refractivity contribution in [1.82, 2.24) is 4.90 Å². The van der Waals surface area contributed by atoms with Crippen LogP contribution >= 0.6 is 22.9 Å². The van der Waals surface area contributed by atoms with Gasteiger partial charge in [-0.05, 0) is 85.1 Å². The average molecular weight is 568 g/mol. The number of hydrogen-bond donors (Lipinski definition) is 2. The highest BCUT2D eigenvalue weighted by Gasteiger charge is 2.57. The molecule has 1 aliphatic carbocycles. The molecule has 2 amide bonds. The number of thiophene rings is 1. The number of carbonyl (C=O) groups is 2. The number of halogens is 1. The van der Waals surface area contributed by atoms with Gasteiger partial charge in [0.05, 0.1) is 29.5 Å². The number of allylic oxidation sites excluding steroid dienone is 2. The second kappa shape index (κ2) is 12.0. The maximum atomic E-state index is 13.7. The highest BCUT2D eigenvalue weighted by molar-refractivity contribution is 7.09. The van der Waals surface area contributed by atoms with Crippen LogP contribution in [0, 0.1) is 17.8 Å². The molecule has 3 aliphatic rings. The number of benzene rings is 1. The third kappa shape index (κ3) is 5.76. The Morgan fingerprint density at radius 1 is 1.23 bits per heavy atom. The van der Waals surface area contributed by atoms with Crippen molar-refractivity contribution < 1.29 is 24.4 Å². The molecule has 2 N–H and O–H groups in total. The lowest BCUT2D eigenvalue weighted by Gasteiger charge is -2.43. The van der Waals surface area contributed by atoms with Gasteiger partial charge < -0.3 is 14.8 Å².